The second kappa shape index (κ2) is 8.76. The zero-order chi connectivity index (χ0) is 23.1. The minimum Gasteiger partial charge on any atom is -0.413 e. The van der Waals surface area contributed by atoms with E-state index in [1.54, 1.807) is 0 Å². The molecule has 1 aromatic heterocycles. The highest BCUT2D eigenvalue weighted by Crippen LogP contribution is 2.39. The third-order valence-corrected chi connectivity index (χ3v) is 11.8. The molecule has 7 heteroatoms. The van der Waals surface area contributed by atoms with Crippen LogP contribution in [0.1, 0.15) is 50.1 Å². The molecule has 3 aromatic rings. The van der Waals surface area contributed by atoms with Gasteiger partial charge in [0, 0.05) is 22.3 Å². The molecular weight excluding hydrogens is 480 g/mol. The van der Waals surface area contributed by atoms with Gasteiger partial charge in [-0.15, -0.1) is 5.10 Å². The Hall–Kier alpha value is -1.96. The van der Waals surface area contributed by atoms with Crippen molar-refractivity contribution in [1.82, 2.24) is 15.0 Å². The number of rotatable bonds is 5. The van der Waals surface area contributed by atoms with E-state index in [4.69, 9.17) is 4.43 Å². The van der Waals surface area contributed by atoms with Crippen LogP contribution in [0.3, 0.4) is 0 Å². The van der Waals surface area contributed by atoms with E-state index in [0.29, 0.717) is 6.61 Å². The summed E-state index contributed by atoms with van der Waals surface area (Å²) in [6, 6.07) is 15.4. The van der Waals surface area contributed by atoms with Gasteiger partial charge in [-0.3, -0.25) is 0 Å². The maximum Gasteiger partial charge on any atom is 0.192 e. The van der Waals surface area contributed by atoms with E-state index in [1.165, 1.54) is 16.7 Å². The van der Waals surface area contributed by atoms with Gasteiger partial charge in [-0.1, -0.05) is 60.1 Å². The van der Waals surface area contributed by atoms with Crippen LogP contribution in [-0.4, -0.2) is 23.3 Å². The molecule has 1 atom stereocenters. The van der Waals surface area contributed by atoms with Crippen molar-refractivity contribution >= 4 is 29.9 Å². The number of nitrogens with zero attached hydrogens (tertiary/aromatic N) is 3. The van der Waals surface area contributed by atoms with Crippen LogP contribution in [0.2, 0.25) is 18.1 Å². The van der Waals surface area contributed by atoms with Crippen LogP contribution in [0, 0.1) is 6.92 Å². The summed E-state index contributed by atoms with van der Waals surface area (Å²) >= 11 is 3.66. The van der Waals surface area contributed by atoms with Crippen LogP contribution in [-0.2, 0) is 17.6 Å². The first-order valence-electron chi connectivity index (χ1n) is 11.2. The molecule has 170 valence electrons. The molecule has 1 aliphatic heterocycles. The summed E-state index contributed by atoms with van der Waals surface area (Å²) in [6.07, 6.45) is 0.940. The van der Waals surface area contributed by atoms with Gasteiger partial charge >= 0.3 is 0 Å². The molecule has 0 bridgehead atoms. The van der Waals surface area contributed by atoms with Crippen molar-refractivity contribution in [2.45, 2.75) is 71.4 Å². The number of fused-ring (bicyclic) bond motifs is 3. The van der Waals surface area contributed by atoms with Gasteiger partial charge < -0.3 is 9.74 Å². The van der Waals surface area contributed by atoms with Crippen molar-refractivity contribution < 1.29 is 4.43 Å². The molecule has 0 amide bonds. The van der Waals surface area contributed by atoms with E-state index in [-0.39, 0.29) is 11.1 Å². The smallest absolute Gasteiger partial charge is 0.192 e. The lowest BCUT2D eigenvalue weighted by molar-refractivity contribution is 0.276. The first-order valence-corrected chi connectivity index (χ1v) is 14.9. The number of hydrogen-bond acceptors (Lipinski definition) is 4. The Kier molecular flexibility index (Phi) is 6.35. The van der Waals surface area contributed by atoms with E-state index < -0.39 is 8.32 Å². The molecule has 1 unspecified atom stereocenters. The Morgan fingerprint density at radius 3 is 2.56 bits per heavy atom. The minimum atomic E-state index is -1.75. The van der Waals surface area contributed by atoms with Crippen molar-refractivity contribution in [3.63, 3.8) is 0 Å². The number of benzene rings is 2. The van der Waals surface area contributed by atoms with Crippen LogP contribution in [0.25, 0.3) is 11.3 Å². The highest BCUT2D eigenvalue weighted by atomic mass is 79.9. The Morgan fingerprint density at radius 2 is 1.88 bits per heavy atom. The van der Waals surface area contributed by atoms with Crippen molar-refractivity contribution in [2.24, 2.45) is 0 Å². The fraction of sp³-hybridized carbons (Fsp3) is 0.440. The molecule has 5 nitrogen and oxygen atoms in total. The molecule has 32 heavy (non-hydrogen) atoms. The fourth-order valence-electron chi connectivity index (χ4n) is 3.86. The number of halogens is 1. The first-order chi connectivity index (χ1) is 15.0. The molecule has 2 aromatic carbocycles. The number of hydrogen-bond donors (Lipinski definition) is 1. The minimum absolute atomic E-state index is 0.193. The van der Waals surface area contributed by atoms with E-state index in [1.807, 2.05) is 11.6 Å². The quantitative estimate of drug-likeness (QED) is 0.370. The molecule has 2 heterocycles. The van der Waals surface area contributed by atoms with E-state index in [0.717, 1.165) is 34.5 Å². The van der Waals surface area contributed by atoms with Gasteiger partial charge in [-0.2, -0.15) is 0 Å². The highest BCUT2D eigenvalue weighted by molar-refractivity contribution is 9.10. The summed E-state index contributed by atoms with van der Waals surface area (Å²) in [5.74, 6) is 0. The van der Waals surface area contributed by atoms with E-state index in [9.17, 15) is 0 Å². The van der Waals surface area contributed by atoms with Gasteiger partial charge in [0.05, 0.1) is 24.0 Å². The summed E-state index contributed by atoms with van der Waals surface area (Å²) in [6.45, 7) is 15.0. The van der Waals surface area contributed by atoms with E-state index >= 15 is 0 Å². The molecule has 1 aliphatic rings. The Bertz CT molecular complexity index is 1100. The van der Waals surface area contributed by atoms with Crippen LogP contribution >= 0.6 is 15.9 Å². The molecule has 1 N–H and O–H groups in total. The third kappa shape index (κ3) is 4.70. The van der Waals surface area contributed by atoms with E-state index in [2.05, 4.69) is 108 Å². The van der Waals surface area contributed by atoms with Gasteiger partial charge in [0.15, 0.2) is 8.32 Å². The number of aromatic nitrogens is 3. The number of aryl methyl sites for hydroxylation is 2. The molecule has 0 fully saturated rings. The molecule has 0 aliphatic carbocycles. The van der Waals surface area contributed by atoms with Crippen molar-refractivity contribution in [3.8, 4) is 11.3 Å². The van der Waals surface area contributed by atoms with Gasteiger partial charge in [0.1, 0.15) is 0 Å². The summed E-state index contributed by atoms with van der Waals surface area (Å²) in [4.78, 5) is 0. The van der Waals surface area contributed by atoms with Crippen molar-refractivity contribution in [2.75, 3.05) is 5.32 Å². The average molecular weight is 514 g/mol. The molecule has 0 saturated heterocycles. The maximum absolute atomic E-state index is 6.38. The predicted molar refractivity (Wildman–Crippen MR) is 137 cm³/mol. The number of nitrogens with one attached hydrogen (secondary N) is 1. The topological polar surface area (TPSA) is 52.0 Å². The first kappa shape index (κ1) is 23.2. The van der Waals surface area contributed by atoms with Gasteiger partial charge in [-0.25, -0.2) is 4.68 Å². The Balaban J connectivity index is 1.52. The fourth-order valence-corrected chi connectivity index (χ4v) is 5.20. The lowest BCUT2D eigenvalue weighted by Crippen LogP contribution is -2.40. The maximum atomic E-state index is 6.38. The van der Waals surface area contributed by atoms with Crippen molar-refractivity contribution in [1.29, 1.82) is 0 Å². The highest BCUT2D eigenvalue weighted by Gasteiger charge is 2.37. The monoisotopic (exact) mass is 512 g/mol. The summed E-state index contributed by atoms with van der Waals surface area (Å²) in [7, 11) is -1.75. The van der Waals surface area contributed by atoms with Gasteiger partial charge in [0.25, 0.3) is 0 Å². The van der Waals surface area contributed by atoms with Crippen LogP contribution in [0.15, 0.2) is 46.9 Å². The normalized spacial score (nSPS) is 16.3. The second-order valence-electron chi connectivity index (χ2n) is 10.2. The molecule has 0 saturated carbocycles. The van der Waals surface area contributed by atoms with Crippen LogP contribution < -0.4 is 5.32 Å². The molecule has 0 spiro atoms. The molecule has 0 radical (unpaired) electrons. The zero-order valence-corrected chi connectivity index (χ0v) is 22.5. The van der Waals surface area contributed by atoms with Crippen LogP contribution in [0.4, 0.5) is 5.69 Å². The average Bonchev–Trinajstić information content (AvgIpc) is 3.02. The van der Waals surface area contributed by atoms with Gasteiger partial charge in [-0.05, 0) is 66.9 Å². The van der Waals surface area contributed by atoms with Gasteiger partial charge in [0.2, 0.25) is 0 Å². The number of anilines is 1. The molecular formula is C25H33BrN4OSi. The summed E-state index contributed by atoms with van der Waals surface area (Å²) in [5.41, 5.74) is 6.90. The van der Waals surface area contributed by atoms with Crippen molar-refractivity contribution in [3.05, 3.63) is 63.8 Å². The lowest BCUT2D eigenvalue weighted by Gasteiger charge is -2.36. The summed E-state index contributed by atoms with van der Waals surface area (Å²) in [5, 5.41) is 12.6. The zero-order valence-electron chi connectivity index (χ0n) is 19.9. The standard InChI is InChI=1S/C25H33BrN4OSi/c1-17-24-21-12-9-19(26)15-22(21)23(13-14-30(24)29-28-17)27-20-10-7-18(8-11-20)16-31-32(5,6)25(2,3)4/h7-12,15,23,27H,13-14,16H2,1-6H3. The van der Waals surface area contributed by atoms with Crippen LogP contribution in [0.5, 0.6) is 0 Å². The third-order valence-electron chi connectivity index (χ3n) is 6.88. The summed E-state index contributed by atoms with van der Waals surface area (Å²) < 4.78 is 9.50. The Morgan fingerprint density at radius 1 is 1.16 bits per heavy atom. The second-order valence-corrected chi connectivity index (χ2v) is 15.9. The Labute approximate surface area is 200 Å². The molecule has 4 rings (SSSR count). The SMILES string of the molecule is Cc1nnn2c1-c1ccc(Br)cc1C(Nc1ccc(CO[Si](C)(C)C(C)(C)C)cc1)CC2. The lowest BCUT2D eigenvalue weighted by atomic mass is 9.96. The largest absolute Gasteiger partial charge is 0.413 e. The predicted octanol–water partition coefficient (Wildman–Crippen LogP) is 7.09.